The molecule has 0 aliphatic rings. The molecule has 0 radical (unpaired) electrons. The zero-order valence-electron chi connectivity index (χ0n) is 17.3. The molecule has 150 valence electrons. The summed E-state index contributed by atoms with van der Waals surface area (Å²) in [5.41, 5.74) is 4.26. The van der Waals surface area contributed by atoms with Gasteiger partial charge < -0.3 is 15.0 Å². The van der Waals surface area contributed by atoms with Gasteiger partial charge >= 0.3 is 6.03 Å². The Kier molecular flexibility index (Phi) is 6.90. The first kappa shape index (κ1) is 20.5. The molecule has 1 unspecified atom stereocenters. The summed E-state index contributed by atoms with van der Waals surface area (Å²) in [4.78, 5) is 14.7. The summed E-state index contributed by atoms with van der Waals surface area (Å²) in [5.74, 6) is 0.838. The molecule has 4 nitrogen and oxygen atoms in total. The van der Waals surface area contributed by atoms with Crippen molar-refractivity contribution in [1.29, 1.82) is 0 Å². The van der Waals surface area contributed by atoms with E-state index in [4.69, 9.17) is 4.74 Å². The van der Waals surface area contributed by atoms with Gasteiger partial charge in [-0.05, 0) is 61.2 Å². The van der Waals surface area contributed by atoms with Crippen LogP contribution < -0.4 is 10.1 Å². The van der Waals surface area contributed by atoms with Crippen LogP contribution in [0.3, 0.4) is 0 Å². The third kappa shape index (κ3) is 5.38. The molecule has 1 N–H and O–H groups in total. The van der Waals surface area contributed by atoms with Gasteiger partial charge in [0.25, 0.3) is 0 Å². The van der Waals surface area contributed by atoms with Crippen LogP contribution in [0.1, 0.15) is 19.4 Å². The van der Waals surface area contributed by atoms with E-state index >= 15 is 0 Å². The molecule has 4 heteroatoms. The van der Waals surface area contributed by atoms with Crippen molar-refractivity contribution in [1.82, 2.24) is 4.90 Å². The maximum absolute atomic E-state index is 12.8. The fraction of sp³-hybridized carbons (Fsp3) is 0.240. The number of benzene rings is 3. The normalized spacial score (nSPS) is 11.6. The predicted molar refractivity (Wildman–Crippen MR) is 119 cm³/mol. The lowest BCUT2D eigenvalue weighted by molar-refractivity contribution is 0.196. The number of anilines is 1. The Bertz CT molecular complexity index is 906. The Morgan fingerprint density at radius 1 is 0.931 bits per heavy atom. The number of hydrogen-bond acceptors (Lipinski definition) is 2. The van der Waals surface area contributed by atoms with Crippen LogP contribution in [-0.2, 0) is 6.42 Å². The third-order valence-corrected chi connectivity index (χ3v) is 5.07. The van der Waals surface area contributed by atoms with Crippen LogP contribution in [0.25, 0.3) is 11.1 Å². The molecule has 2 amide bonds. The second kappa shape index (κ2) is 9.78. The Hall–Kier alpha value is -3.27. The average molecular weight is 389 g/mol. The molecule has 0 aromatic heterocycles. The van der Waals surface area contributed by atoms with E-state index in [2.05, 4.69) is 24.4 Å². The molecule has 0 heterocycles. The van der Waals surface area contributed by atoms with Crippen LogP contribution in [0.2, 0.25) is 0 Å². The van der Waals surface area contributed by atoms with Crippen molar-refractivity contribution in [2.75, 3.05) is 19.0 Å². The first-order valence-electron chi connectivity index (χ1n) is 9.96. The third-order valence-electron chi connectivity index (χ3n) is 5.07. The van der Waals surface area contributed by atoms with E-state index in [1.165, 1.54) is 5.56 Å². The van der Waals surface area contributed by atoms with Gasteiger partial charge in [0.05, 0.1) is 7.11 Å². The van der Waals surface area contributed by atoms with E-state index in [-0.39, 0.29) is 12.1 Å². The molecule has 1 atom stereocenters. The van der Waals surface area contributed by atoms with Crippen LogP contribution in [0.5, 0.6) is 5.75 Å². The number of methoxy groups -OCH3 is 1. The summed E-state index contributed by atoms with van der Waals surface area (Å²) < 4.78 is 5.21. The van der Waals surface area contributed by atoms with Crippen molar-refractivity contribution in [2.24, 2.45) is 0 Å². The fourth-order valence-corrected chi connectivity index (χ4v) is 3.44. The second-order valence-corrected chi connectivity index (χ2v) is 7.06. The first-order valence-corrected chi connectivity index (χ1v) is 9.96. The summed E-state index contributed by atoms with van der Waals surface area (Å²) in [6, 6.07) is 26.1. The zero-order valence-corrected chi connectivity index (χ0v) is 17.3. The predicted octanol–water partition coefficient (Wildman–Crippen LogP) is 5.85. The van der Waals surface area contributed by atoms with Crippen molar-refractivity contribution < 1.29 is 9.53 Å². The lowest BCUT2D eigenvalue weighted by atomic mass is 10.1. The molecule has 0 saturated heterocycles. The minimum absolute atomic E-state index is 0.0805. The minimum atomic E-state index is -0.0824. The van der Waals surface area contributed by atoms with E-state index in [1.54, 1.807) is 7.11 Å². The molecule has 3 aromatic rings. The smallest absolute Gasteiger partial charge is 0.322 e. The van der Waals surface area contributed by atoms with Gasteiger partial charge in [0, 0.05) is 18.3 Å². The standard InChI is InChI=1S/C25H28N2O2/c1-4-27(19(2)18-20-10-16-24(29-3)17-11-20)25(28)26-23-14-12-22(13-15-23)21-8-6-5-7-9-21/h5-17,19H,4,18H2,1-3H3,(H,26,28). The average Bonchev–Trinajstić information content (AvgIpc) is 2.76. The van der Waals surface area contributed by atoms with Gasteiger partial charge in [-0.3, -0.25) is 0 Å². The van der Waals surface area contributed by atoms with Gasteiger partial charge in [-0.25, -0.2) is 4.79 Å². The van der Waals surface area contributed by atoms with Crippen LogP contribution in [0, 0.1) is 0 Å². The summed E-state index contributed by atoms with van der Waals surface area (Å²) in [5, 5.41) is 3.02. The number of amides is 2. The summed E-state index contributed by atoms with van der Waals surface area (Å²) >= 11 is 0. The number of carbonyl (C=O) groups is 1. The molecule has 0 bridgehead atoms. The molecular weight excluding hydrogens is 360 g/mol. The highest BCUT2D eigenvalue weighted by Gasteiger charge is 2.19. The Balaban J connectivity index is 1.62. The first-order chi connectivity index (χ1) is 14.1. The highest BCUT2D eigenvalue weighted by molar-refractivity contribution is 5.89. The van der Waals surface area contributed by atoms with Gasteiger partial charge in [-0.1, -0.05) is 54.6 Å². The molecule has 0 fully saturated rings. The number of ether oxygens (including phenoxy) is 1. The van der Waals surface area contributed by atoms with Gasteiger partial charge in [-0.2, -0.15) is 0 Å². The largest absolute Gasteiger partial charge is 0.497 e. The SMILES string of the molecule is CCN(C(=O)Nc1ccc(-c2ccccc2)cc1)C(C)Cc1ccc(OC)cc1. The van der Waals surface area contributed by atoms with Crippen LogP contribution in [0.4, 0.5) is 10.5 Å². The monoisotopic (exact) mass is 388 g/mol. The van der Waals surface area contributed by atoms with Gasteiger partial charge in [0.1, 0.15) is 5.75 Å². The van der Waals surface area contributed by atoms with Crippen LogP contribution >= 0.6 is 0 Å². The van der Waals surface area contributed by atoms with E-state index in [0.29, 0.717) is 6.54 Å². The van der Waals surface area contributed by atoms with E-state index in [1.807, 2.05) is 78.6 Å². The van der Waals surface area contributed by atoms with Crippen molar-refractivity contribution in [2.45, 2.75) is 26.3 Å². The molecule has 3 aromatic carbocycles. The quantitative estimate of drug-likeness (QED) is 0.552. The molecule has 0 aliphatic heterocycles. The molecule has 0 spiro atoms. The summed E-state index contributed by atoms with van der Waals surface area (Å²) in [6.07, 6.45) is 0.790. The Labute approximate surface area is 173 Å². The van der Waals surface area contributed by atoms with Gasteiger partial charge in [0.2, 0.25) is 0 Å². The number of carbonyl (C=O) groups excluding carboxylic acids is 1. The summed E-state index contributed by atoms with van der Waals surface area (Å²) in [7, 11) is 1.66. The topological polar surface area (TPSA) is 41.6 Å². The van der Waals surface area contributed by atoms with Crippen LogP contribution in [-0.4, -0.2) is 30.6 Å². The van der Waals surface area contributed by atoms with E-state index in [0.717, 1.165) is 29.0 Å². The highest BCUT2D eigenvalue weighted by Crippen LogP contribution is 2.21. The molecular formula is C25H28N2O2. The number of nitrogens with one attached hydrogen (secondary N) is 1. The molecule has 0 aliphatic carbocycles. The van der Waals surface area contributed by atoms with E-state index < -0.39 is 0 Å². The lowest BCUT2D eigenvalue weighted by Gasteiger charge is -2.28. The maximum atomic E-state index is 12.8. The van der Waals surface area contributed by atoms with Gasteiger partial charge in [-0.15, -0.1) is 0 Å². The van der Waals surface area contributed by atoms with Gasteiger partial charge in [0.15, 0.2) is 0 Å². The number of hydrogen-bond donors (Lipinski definition) is 1. The number of likely N-dealkylation sites (N-methyl/N-ethyl adjacent to an activating group) is 1. The number of nitrogens with zero attached hydrogens (tertiary/aromatic N) is 1. The Morgan fingerprint density at radius 3 is 2.14 bits per heavy atom. The Morgan fingerprint density at radius 2 is 1.55 bits per heavy atom. The fourth-order valence-electron chi connectivity index (χ4n) is 3.44. The summed E-state index contributed by atoms with van der Waals surface area (Å²) in [6.45, 7) is 4.72. The van der Waals surface area contributed by atoms with Crippen molar-refractivity contribution in [3.63, 3.8) is 0 Å². The van der Waals surface area contributed by atoms with Crippen LogP contribution in [0.15, 0.2) is 78.9 Å². The zero-order chi connectivity index (χ0) is 20.6. The lowest BCUT2D eigenvalue weighted by Crippen LogP contribution is -2.42. The molecule has 29 heavy (non-hydrogen) atoms. The van der Waals surface area contributed by atoms with Crippen molar-refractivity contribution in [3.8, 4) is 16.9 Å². The molecule has 0 saturated carbocycles. The molecule has 3 rings (SSSR count). The second-order valence-electron chi connectivity index (χ2n) is 7.06. The van der Waals surface area contributed by atoms with E-state index in [9.17, 15) is 4.79 Å². The van der Waals surface area contributed by atoms with Crippen molar-refractivity contribution >= 4 is 11.7 Å². The number of urea groups is 1. The maximum Gasteiger partial charge on any atom is 0.322 e. The highest BCUT2D eigenvalue weighted by atomic mass is 16.5. The number of rotatable bonds is 7. The minimum Gasteiger partial charge on any atom is -0.497 e. The van der Waals surface area contributed by atoms with Crippen molar-refractivity contribution in [3.05, 3.63) is 84.4 Å².